The van der Waals surface area contributed by atoms with Crippen LogP contribution in [-0.4, -0.2) is 48.8 Å². The summed E-state index contributed by atoms with van der Waals surface area (Å²) in [5, 5.41) is 6.71. The molecule has 0 N–H and O–H groups in total. The molecule has 44 heavy (non-hydrogen) atoms. The van der Waals surface area contributed by atoms with Crippen molar-refractivity contribution < 1.29 is 0 Å². The average Bonchev–Trinajstić information content (AvgIpc) is 3.43. The summed E-state index contributed by atoms with van der Waals surface area (Å²) in [7, 11) is 32.1. The van der Waals surface area contributed by atoms with Gasteiger partial charge in [0.2, 0.25) is 0 Å². The van der Waals surface area contributed by atoms with Gasteiger partial charge in [0, 0.05) is 16.3 Å². The molecule has 0 spiro atoms. The quantitative estimate of drug-likeness (QED) is 0.244. The predicted octanol–water partition coefficient (Wildman–Crippen LogP) is 3.79. The Morgan fingerprint density at radius 2 is 0.977 bits per heavy atom. The highest BCUT2D eigenvalue weighted by molar-refractivity contribution is 6.68. The van der Waals surface area contributed by atoms with Crippen molar-refractivity contribution in [2.24, 2.45) is 0 Å². The maximum atomic E-state index is 6.63. The molecule has 0 bridgehead atoms. The predicted molar refractivity (Wildman–Crippen MR) is 191 cm³/mol. The van der Waals surface area contributed by atoms with Gasteiger partial charge >= 0.3 is 0 Å². The van der Waals surface area contributed by atoms with Crippen LogP contribution in [-0.2, 0) is 0 Å². The lowest BCUT2D eigenvalue weighted by Crippen LogP contribution is -2.55. The molecule has 2 nitrogen and oxygen atoms in total. The van der Waals surface area contributed by atoms with Gasteiger partial charge in [-0.05, 0) is 50.9 Å². The summed E-state index contributed by atoms with van der Waals surface area (Å²) in [4.78, 5) is 5.07. The molecular formula is C37H19B5N2. The highest BCUT2D eigenvalue weighted by atomic mass is 15.1. The second-order valence-electron chi connectivity index (χ2n) is 11.1. The van der Waals surface area contributed by atoms with E-state index >= 15 is 0 Å². The molecule has 1 aromatic heterocycles. The number of aromatic nitrogens is 2. The minimum Gasteiger partial charge on any atom is -0.291 e. The SMILES string of the molecule is [B]c1c([B])c([B])c(-c2nc3ccccc3n2-c2c3ccccc3c(-c3ccc4ccccc4c3)c3ccccc23)c([B])c1[B]. The number of benzene rings is 7. The number of hydrogen-bond acceptors (Lipinski definition) is 1. The maximum absolute atomic E-state index is 6.63. The number of hydrogen-bond donors (Lipinski definition) is 0. The monoisotopic (exact) mass is 546 g/mol. The van der Waals surface area contributed by atoms with Gasteiger partial charge in [-0.1, -0.05) is 108 Å². The summed E-state index contributed by atoms with van der Waals surface area (Å²) in [6, 6.07) is 40.0. The summed E-state index contributed by atoms with van der Waals surface area (Å²) < 4.78 is 2.13. The lowest BCUT2D eigenvalue weighted by Gasteiger charge is -2.23. The first-order valence-corrected chi connectivity index (χ1v) is 14.4. The smallest absolute Gasteiger partial charge is 0.144 e. The zero-order chi connectivity index (χ0) is 30.1. The first kappa shape index (κ1) is 26.7. The fraction of sp³-hybridized carbons (Fsp3) is 0. The van der Waals surface area contributed by atoms with Gasteiger partial charge in [0.1, 0.15) is 45.1 Å². The first-order valence-electron chi connectivity index (χ1n) is 14.4. The molecule has 0 aliphatic heterocycles. The Bertz CT molecular complexity index is 2380. The van der Waals surface area contributed by atoms with Crippen molar-refractivity contribution in [1.82, 2.24) is 9.55 Å². The summed E-state index contributed by atoms with van der Waals surface area (Å²) >= 11 is 0. The molecule has 0 saturated carbocycles. The Balaban J connectivity index is 1.55. The summed E-state index contributed by atoms with van der Waals surface area (Å²) in [5.74, 6) is 0.536. The van der Waals surface area contributed by atoms with Gasteiger partial charge in [0.05, 0.1) is 16.7 Å². The van der Waals surface area contributed by atoms with Gasteiger partial charge in [-0.2, -0.15) is 0 Å². The van der Waals surface area contributed by atoms with Crippen molar-refractivity contribution in [2.75, 3.05) is 0 Å². The van der Waals surface area contributed by atoms with E-state index in [1.54, 1.807) is 0 Å². The number of para-hydroxylation sites is 2. The van der Waals surface area contributed by atoms with Crippen molar-refractivity contribution in [3.05, 3.63) is 115 Å². The standard InChI is InChI=1S/C37H19B5N2/c38-31-30(32(39)34(41)35(42)33(31)40)37-43-27-15-7-8-16-28(27)44(37)36-25-13-5-3-11-23(25)29(24-12-4-6-14-26(24)36)22-18-17-20-9-1-2-10-21(20)19-22/h1-19H. The Morgan fingerprint density at radius 3 is 1.64 bits per heavy atom. The van der Waals surface area contributed by atoms with Gasteiger partial charge in [0.25, 0.3) is 0 Å². The number of rotatable bonds is 3. The summed E-state index contributed by atoms with van der Waals surface area (Å²) in [6.07, 6.45) is 0. The summed E-state index contributed by atoms with van der Waals surface area (Å²) in [6.45, 7) is 0. The Hall–Kier alpha value is -4.89. The maximum Gasteiger partial charge on any atom is 0.144 e. The molecule has 10 radical (unpaired) electrons. The molecule has 7 aromatic carbocycles. The van der Waals surface area contributed by atoms with Crippen LogP contribution in [0.2, 0.25) is 0 Å². The van der Waals surface area contributed by atoms with Crippen molar-refractivity contribution in [3.63, 3.8) is 0 Å². The Kier molecular flexibility index (Phi) is 6.13. The van der Waals surface area contributed by atoms with Crippen molar-refractivity contribution in [2.45, 2.75) is 0 Å². The van der Waals surface area contributed by atoms with Crippen LogP contribution in [0.3, 0.4) is 0 Å². The number of imidazole rings is 1. The van der Waals surface area contributed by atoms with E-state index in [1.807, 2.05) is 24.3 Å². The van der Waals surface area contributed by atoms with E-state index in [2.05, 4.69) is 95.6 Å². The van der Waals surface area contributed by atoms with Gasteiger partial charge in [0.15, 0.2) is 0 Å². The van der Waals surface area contributed by atoms with E-state index in [9.17, 15) is 0 Å². The molecule has 8 aromatic rings. The van der Waals surface area contributed by atoms with E-state index < -0.39 is 0 Å². The third-order valence-electron chi connectivity index (χ3n) is 8.65. The molecule has 0 unspecified atom stereocenters. The van der Waals surface area contributed by atoms with E-state index in [0.29, 0.717) is 11.4 Å². The molecular weight excluding hydrogens is 526 g/mol. The highest BCUT2D eigenvalue weighted by Gasteiger charge is 2.24. The molecule has 192 valence electrons. The topological polar surface area (TPSA) is 17.8 Å². The van der Waals surface area contributed by atoms with Crippen LogP contribution < -0.4 is 27.3 Å². The lowest BCUT2D eigenvalue weighted by atomic mass is 9.60. The summed E-state index contributed by atoms with van der Waals surface area (Å²) in [5.41, 5.74) is 6.42. The molecule has 0 saturated heterocycles. The molecule has 0 aliphatic carbocycles. The molecule has 0 atom stereocenters. The zero-order valence-corrected chi connectivity index (χ0v) is 23.8. The first-order chi connectivity index (χ1) is 21.4. The second-order valence-corrected chi connectivity index (χ2v) is 11.1. The third kappa shape index (κ3) is 3.85. The van der Waals surface area contributed by atoms with Crippen LogP contribution in [0.15, 0.2) is 115 Å². The van der Waals surface area contributed by atoms with Gasteiger partial charge in [-0.15, -0.1) is 16.4 Å². The fourth-order valence-electron chi connectivity index (χ4n) is 6.51. The third-order valence-corrected chi connectivity index (χ3v) is 8.65. The molecule has 8 rings (SSSR count). The minimum absolute atomic E-state index is 0.169. The van der Waals surface area contributed by atoms with Crippen LogP contribution in [0.4, 0.5) is 0 Å². The van der Waals surface area contributed by atoms with Gasteiger partial charge in [-0.3, -0.25) is 4.57 Å². The van der Waals surface area contributed by atoms with Crippen LogP contribution >= 0.6 is 0 Å². The van der Waals surface area contributed by atoms with E-state index in [-0.39, 0.29) is 27.3 Å². The van der Waals surface area contributed by atoms with Crippen molar-refractivity contribution >= 4 is 110 Å². The Labute approximate surface area is 262 Å². The number of nitrogens with zero attached hydrogens (tertiary/aromatic N) is 2. The zero-order valence-electron chi connectivity index (χ0n) is 23.8. The molecule has 0 fully saturated rings. The minimum atomic E-state index is 0.169. The van der Waals surface area contributed by atoms with Gasteiger partial charge < -0.3 is 0 Å². The Morgan fingerprint density at radius 1 is 0.455 bits per heavy atom. The fourth-order valence-corrected chi connectivity index (χ4v) is 6.51. The molecule has 0 amide bonds. The van der Waals surface area contributed by atoms with Gasteiger partial charge in [-0.25, -0.2) is 4.98 Å². The molecule has 7 heteroatoms. The largest absolute Gasteiger partial charge is 0.291 e. The average molecular weight is 546 g/mol. The highest BCUT2D eigenvalue weighted by Crippen LogP contribution is 2.43. The molecule has 0 aliphatic rings. The van der Waals surface area contributed by atoms with Crippen LogP contribution in [0, 0.1) is 0 Å². The molecule has 1 heterocycles. The van der Waals surface area contributed by atoms with Crippen LogP contribution in [0.25, 0.3) is 71.6 Å². The van der Waals surface area contributed by atoms with Crippen molar-refractivity contribution in [3.8, 4) is 28.2 Å². The lowest BCUT2D eigenvalue weighted by molar-refractivity contribution is 1.13. The van der Waals surface area contributed by atoms with Crippen molar-refractivity contribution in [1.29, 1.82) is 0 Å². The van der Waals surface area contributed by atoms with E-state index in [1.165, 1.54) is 10.8 Å². The second kappa shape index (κ2) is 10.1. The van der Waals surface area contributed by atoms with E-state index in [4.69, 9.17) is 44.2 Å². The van der Waals surface area contributed by atoms with Crippen LogP contribution in [0.5, 0.6) is 0 Å². The van der Waals surface area contributed by atoms with Crippen LogP contribution in [0.1, 0.15) is 0 Å². The normalized spacial score (nSPS) is 11.6. The number of fused-ring (bicyclic) bond motifs is 4. The van der Waals surface area contributed by atoms with E-state index in [0.717, 1.165) is 49.4 Å².